The third-order valence-electron chi connectivity index (χ3n) is 3.80. The minimum Gasteiger partial charge on any atom is -0.345 e. The quantitative estimate of drug-likeness (QED) is 0.735. The van der Waals surface area contributed by atoms with E-state index in [1.54, 1.807) is 11.5 Å². The van der Waals surface area contributed by atoms with Gasteiger partial charge in [0.25, 0.3) is 0 Å². The molecule has 134 valence electrons. The van der Waals surface area contributed by atoms with Gasteiger partial charge in [-0.1, -0.05) is 12.1 Å². The number of aromatic nitrogens is 2. The van der Waals surface area contributed by atoms with Gasteiger partial charge in [-0.25, -0.2) is 13.8 Å². The Kier molecular flexibility index (Phi) is 4.92. The predicted octanol–water partition coefficient (Wildman–Crippen LogP) is 2.38. The number of imidazole rings is 1. The standard InChI is InChI=1S/C18H16F2N4O2/c1-11-22-15-4-2-3-5-16(15)24(11)10-18(26)21-9-17(25)23-12-6-7-13(19)14(20)8-12/h2-8H,9-10H2,1H3,(H,21,26)(H,23,25). The molecule has 3 aromatic rings. The molecule has 2 amide bonds. The first-order chi connectivity index (χ1) is 12.4. The highest BCUT2D eigenvalue weighted by molar-refractivity contribution is 5.94. The molecule has 0 spiro atoms. The second kappa shape index (κ2) is 7.30. The van der Waals surface area contributed by atoms with Gasteiger partial charge in [0.15, 0.2) is 11.6 Å². The van der Waals surface area contributed by atoms with Gasteiger partial charge in [-0.2, -0.15) is 0 Å². The van der Waals surface area contributed by atoms with Crippen molar-refractivity contribution in [3.63, 3.8) is 0 Å². The van der Waals surface area contributed by atoms with Crippen LogP contribution in [-0.4, -0.2) is 27.9 Å². The summed E-state index contributed by atoms with van der Waals surface area (Å²) in [6.07, 6.45) is 0. The van der Waals surface area contributed by atoms with Crippen LogP contribution in [0.15, 0.2) is 42.5 Å². The molecular formula is C18H16F2N4O2. The number of aryl methyl sites for hydroxylation is 1. The largest absolute Gasteiger partial charge is 0.345 e. The van der Waals surface area contributed by atoms with E-state index in [1.807, 2.05) is 24.3 Å². The molecule has 1 aromatic heterocycles. The molecule has 0 aliphatic rings. The molecule has 0 saturated carbocycles. The summed E-state index contributed by atoms with van der Waals surface area (Å²) in [5.41, 5.74) is 1.72. The maximum atomic E-state index is 13.1. The van der Waals surface area contributed by atoms with Crippen LogP contribution in [0.2, 0.25) is 0 Å². The molecule has 0 bridgehead atoms. The molecular weight excluding hydrogens is 342 g/mol. The highest BCUT2D eigenvalue weighted by Crippen LogP contribution is 2.15. The first-order valence-corrected chi connectivity index (χ1v) is 7.87. The van der Waals surface area contributed by atoms with Gasteiger partial charge in [-0.3, -0.25) is 9.59 Å². The van der Waals surface area contributed by atoms with Crippen LogP contribution in [0, 0.1) is 18.6 Å². The van der Waals surface area contributed by atoms with Gasteiger partial charge in [0.05, 0.1) is 17.6 Å². The molecule has 3 rings (SSSR count). The lowest BCUT2D eigenvalue weighted by Gasteiger charge is -2.09. The first kappa shape index (κ1) is 17.5. The smallest absolute Gasteiger partial charge is 0.243 e. The van der Waals surface area contributed by atoms with Crippen LogP contribution in [0.3, 0.4) is 0 Å². The fraction of sp³-hybridized carbons (Fsp3) is 0.167. The summed E-state index contributed by atoms with van der Waals surface area (Å²) in [5.74, 6) is -2.28. The van der Waals surface area contributed by atoms with E-state index < -0.39 is 17.5 Å². The lowest BCUT2D eigenvalue weighted by Crippen LogP contribution is -2.35. The van der Waals surface area contributed by atoms with E-state index >= 15 is 0 Å². The SMILES string of the molecule is Cc1nc2ccccc2n1CC(=O)NCC(=O)Nc1ccc(F)c(F)c1. The molecule has 6 nitrogen and oxygen atoms in total. The zero-order chi connectivity index (χ0) is 18.7. The van der Waals surface area contributed by atoms with Crippen molar-refractivity contribution in [2.75, 3.05) is 11.9 Å². The molecule has 0 saturated heterocycles. The number of anilines is 1. The molecule has 0 atom stereocenters. The number of carbonyl (C=O) groups is 2. The van der Waals surface area contributed by atoms with E-state index in [1.165, 1.54) is 6.07 Å². The summed E-state index contributed by atoms with van der Waals surface area (Å²) in [7, 11) is 0. The molecule has 0 radical (unpaired) electrons. The third-order valence-corrected chi connectivity index (χ3v) is 3.80. The zero-order valence-corrected chi connectivity index (χ0v) is 13.9. The topological polar surface area (TPSA) is 76.0 Å². The number of para-hydroxylation sites is 2. The summed E-state index contributed by atoms with van der Waals surface area (Å²) < 4.78 is 27.7. The summed E-state index contributed by atoms with van der Waals surface area (Å²) in [6, 6.07) is 10.4. The predicted molar refractivity (Wildman–Crippen MR) is 92.5 cm³/mol. The van der Waals surface area contributed by atoms with Crippen molar-refractivity contribution in [1.82, 2.24) is 14.9 Å². The van der Waals surface area contributed by atoms with Crippen molar-refractivity contribution < 1.29 is 18.4 Å². The van der Waals surface area contributed by atoms with Crippen LogP contribution < -0.4 is 10.6 Å². The molecule has 8 heteroatoms. The highest BCUT2D eigenvalue weighted by atomic mass is 19.2. The van der Waals surface area contributed by atoms with Crippen molar-refractivity contribution in [3.8, 4) is 0 Å². The van der Waals surface area contributed by atoms with E-state index in [-0.39, 0.29) is 24.7 Å². The fourth-order valence-electron chi connectivity index (χ4n) is 2.55. The van der Waals surface area contributed by atoms with Gasteiger partial charge in [0, 0.05) is 11.8 Å². The number of amides is 2. The first-order valence-electron chi connectivity index (χ1n) is 7.87. The molecule has 2 N–H and O–H groups in total. The second-order valence-corrected chi connectivity index (χ2v) is 5.69. The molecule has 2 aromatic carbocycles. The number of carbonyl (C=O) groups excluding carboxylic acids is 2. The summed E-state index contributed by atoms with van der Waals surface area (Å²) in [5, 5.41) is 4.88. The lowest BCUT2D eigenvalue weighted by molar-refractivity contribution is -0.124. The Morgan fingerprint density at radius 3 is 2.62 bits per heavy atom. The van der Waals surface area contributed by atoms with Crippen molar-refractivity contribution in [2.24, 2.45) is 0 Å². The number of hydrogen-bond acceptors (Lipinski definition) is 3. The summed E-state index contributed by atoms with van der Waals surface area (Å²) in [6.45, 7) is 1.53. The maximum absolute atomic E-state index is 13.1. The van der Waals surface area contributed by atoms with E-state index in [0.29, 0.717) is 5.82 Å². The number of rotatable bonds is 5. The van der Waals surface area contributed by atoms with Gasteiger partial charge in [0.1, 0.15) is 12.4 Å². The Labute approximate surface area is 147 Å². The number of benzene rings is 2. The van der Waals surface area contributed by atoms with Gasteiger partial charge in [-0.15, -0.1) is 0 Å². The Hall–Kier alpha value is -3.29. The van der Waals surface area contributed by atoms with E-state index in [0.717, 1.165) is 23.2 Å². The molecule has 26 heavy (non-hydrogen) atoms. The number of halogens is 2. The Bertz CT molecular complexity index is 984. The molecule has 0 aliphatic carbocycles. The van der Waals surface area contributed by atoms with Crippen LogP contribution >= 0.6 is 0 Å². The van der Waals surface area contributed by atoms with Crippen LogP contribution in [0.1, 0.15) is 5.82 Å². The average Bonchev–Trinajstić information content (AvgIpc) is 2.92. The number of nitrogens with one attached hydrogen (secondary N) is 2. The molecule has 0 fully saturated rings. The number of hydrogen-bond donors (Lipinski definition) is 2. The van der Waals surface area contributed by atoms with Crippen LogP contribution in [-0.2, 0) is 16.1 Å². The van der Waals surface area contributed by atoms with Crippen LogP contribution in [0.5, 0.6) is 0 Å². The molecule has 0 aliphatic heterocycles. The van der Waals surface area contributed by atoms with E-state index in [2.05, 4.69) is 15.6 Å². The Morgan fingerprint density at radius 1 is 1.08 bits per heavy atom. The van der Waals surface area contributed by atoms with Crippen LogP contribution in [0.25, 0.3) is 11.0 Å². The van der Waals surface area contributed by atoms with Crippen molar-refractivity contribution >= 4 is 28.5 Å². The van der Waals surface area contributed by atoms with Gasteiger partial charge in [0.2, 0.25) is 11.8 Å². The monoisotopic (exact) mass is 358 g/mol. The van der Waals surface area contributed by atoms with Crippen molar-refractivity contribution in [3.05, 3.63) is 59.9 Å². The van der Waals surface area contributed by atoms with Gasteiger partial charge >= 0.3 is 0 Å². The minimum atomic E-state index is -1.06. The number of nitrogens with zero attached hydrogens (tertiary/aromatic N) is 2. The highest BCUT2D eigenvalue weighted by Gasteiger charge is 2.12. The zero-order valence-electron chi connectivity index (χ0n) is 13.9. The maximum Gasteiger partial charge on any atom is 0.243 e. The second-order valence-electron chi connectivity index (χ2n) is 5.69. The van der Waals surface area contributed by atoms with Gasteiger partial charge in [-0.05, 0) is 31.2 Å². The third kappa shape index (κ3) is 3.85. The van der Waals surface area contributed by atoms with E-state index in [4.69, 9.17) is 0 Å². The summed E-state index contributed by atoms with van der Waals surface area (Å²) >= 11 is 0. The average molecular weight is 358 g/mol. The number of fused-ring (bicyclic) bond motifs is 1. The van der Waals surface area contributed by atoms with E-state index in [9.17, 15) is 18.4 Å². The fourth-order valence-corrected chi connectivity index (χ4v) is 2.55. The molecule has 1 heterocycles. The van der Waals surface area contributed by atoms with Crippen molar-refractivity contribution in [2.45, 2.75) is 13.5 Å². The minimum absolute atomic E-state index is 0.0187. The Balaban J connectivity index is 1.57. The van der Waals surface area contributed by atoms with Crippen LogP contribution in [0.4, 0.5) is 14.5 Å². The van der Waals surface area contributed by atoms with Gasteiger partial charge < -0.3 is 15.2 Å². The molecule has 0 unspecified atom stereocenters. The lowest BCUT2D eigenvalue weighted by atomic mass is 10.3. The van der Waals surface area contributed by atoms with Crippen molar-refractivity contribution in [1.29, 1.82) is 0 Å². The summed E-state index contributed by atoms with van der Waals surface area (Å²) in [4.78, 5) is 28.3. The normalized spacial score (nSPS) is 10.7. The Morgan fingerprint density at radius 2 is 1.85 bits per heavy atom.